The first-order valence-corrected chi connectivity index (χ1v) is 8.78. The molecule has 0 fully saturated rings. The van der Waals surface area contributed by atoms with Crippen molar-refractivity contribution in [1.29, 1.82) is 0 Å². The molecule has 0 bridgehead atoms. The SMILES string of the molecule is CCOc1ccc(OCC)c(CN2CCc3[nH]c(=S)ncc3C2)c1. The maximum Gasteiger partial charge on any atom is 0.196 e. The second kappa shape index (κ2) is 7.77. The van der Waals surface area contributed by atoms with Crippen LogP contribution in [0.4, 0.5) is 0 Å². The predicted octanol–water partition coefficient (Wildman–Crippen LogP) is 3.49. The minimum Gasteiger partial charge on any atom is -0.494 e. The normalized spacial score (nSPS) is 14.2. The summed E-state index contributed by atoms with van der Waals surface area (Å²) in [5.74, 6) is 1.82. The lowest BCUT2D eigenvalue weighted by Gasteiger charge is -2.28. The maximum absolute atomic E-state index is 5.78. The monoisotopic (exact) mass is 345 g/mol. The van der Waals surface area contributed by atoms with Crippen molar-refractivity contribution in [2.45, 2.75) is 33.4 Å². The van der Waals surface area contributed by atoms with Gasteiger partial charge in [-0.3, -0.25) is 4.90 Å². The highest BCUT2D eigenvalue weighted by Crippen LogP contribution is 2.27. The Bertz CT molecular complexity index is 760. The first-order valence-electron chi connectivity index (χ1n) is 8.37. The summed E-state index contributed by atoms with van der Waals surface area (Å²) in [6.45, 7) is 7.98. The number of hydrogen-bond donors (Lipinski definition) is 1. The van der Waals surface area contributed by atoms with Gasteiger partial charge in [0.25, 0.3) is 0 Å². The van der Waals surface area contributed by atoms with E-state index in [1.165, 1.54) is 11.3 Å². The van der Waals surface area contributed by atoms with Crippen molar-refractivity contribution >= 4 is 12.2 Å². The summed E-state index contributed by atoms with van der Waals surface area (Å²) >= 11 is 5.11. The number of nitrogens with zero attached hydrogens (tertiary/aromatic N) is 2. The van der Waals surface area contributed by atoms with Gasteiger partial charge in [0.1, 0.15) is 11.5 Å². The fourth-order valence-corrected chi connectivity index (χ4v) is 3.19. The Morgan fingerprint density at radius 3 is 2.88 bits per heavy atom. The fourth-order valence-electron chi connectivity index (χ4n) is 3.01. The van der Waals surface area contributed by atoms with E-state index in [0.29, 0.717) is 18.0 Å². The molecule has 6 heteroatoms. The largest absolute Gasteiger partial charge is 0.494 e. The van der Waals surface area contributed by atoms with Gasteiger partial charge in [0, 0.05) is 49.1 Å². The average molecular weight is 345 g/mol. The van der Waals surface area contributed by atoms with Gasteiger partial charge in [-0.2, -0.15) is 0 Å². The van der Waals surface area contributed by atoms with E-state index in [4.69, 9.17) is 21.7 Å². The molecule has 2 aromatic rings. The van der Waals surface area contributed by atoms with Crippen molar-refractivity contribution in [2.75, 3.05) is 19.8 Å². The quantitative estimate of drug-likeness (QED) is 0.812. The zero-order chi connectivity index (χ0) is 16.9. The van der Waals surface area contributed by atoms with Crippen LogP contribution < -0.4 is 9.47 Å². The van der Waals surface area contributed by atoms with E-state index < -0.39 is 0 Å². The number of nitrogens with one attached hydrogen (secondary N) is 1. The van der Waals surface area contributed by atoms with Crippen molar-refractivity contribution < 1.29 is 9.47 Å². The van der Waals surface area contributed by atoms with Crippen LogP contribution in [0.2, 0.25) is 0 Å². The van der Waals surface area contributed by atoms with Crippen LogP contribution >= 0.6 is 12.2 Å². The van der Waals surface area contributed by atoms with Gasteiger partial charge in [-0.25, -0.2) is 4.98 Å². The topological polar surface area (TPSA) is 50.4 Å². The molecule has 0 atom stereocenters. The van der Waals surface area contributed by atoms with Crippen LogP contribution in [0.15, 0.2) is 24.4 Å². The van der Waals surface area contributed by atoms with E-state index in [0.717, 1.165) is 43.1 Å². The molecule has 3 rings (SSSR count). The highest BCUT2D eigenvalue weighted by molar-refractivity contribution is 7.71. The molecular formula is C18H23N3O2S. The van der Waals surface area contributed by atoms with Crippen LogP contribution in [-0.2, 0) is 19.5 Å². The van der Waals surface area contributed by atoms with Gasteiger partial charge >= 0.3 is 0 Å². The maximum atomic E-state index is 5.78. The van der Waals surface area contributed by atoms with Crippen molar-refractivity contribution in [1.82, 2.24) is 14.9 Å². The Kier molecular flexibility index (Phi) is 5.48. The van der Waals surface area contributed by atoms with E-state index in [-0.39, 0.29) is 0 Å². The van der Waals surface area contributed by atoms with Gasteiger partial charge in [-0.05, 0) is 44.3 Å². The fraction of sp³-hybridized carbons (Fsp3) is 0.444. The number of rotatable bonds is 6. The summed E-state index contributed by atoms with van der Waals surface area (Å²) < 4.78 is 12.0. The molecule has 0 amide bonds. The summed E-state index contributed by atoms with van der Waals surface area (Å²) in [4.78, 5) is 9.81. The summed E-state index contributed by atoms with van der Waals surface area (Å²) in [6.07, 6.45) is 2.84. The zero-order valence-electron chi connectivity index (χ0n) is 14.2. The molecule has 1 aliphatic heterocycles. The van der Waals surface area contributed by atoms with Crippen LogP contribution in [0.5, 0.6) is 11.5 Å². The predicted molar refractivity (Wildman–Crippen MR) is 96.0 cm³/mol. The molecule has 0 aliphatic carbocycles. The van der Waals surface area contributed by atoms with Crippen molar-refractivity contribution in [3.05, 3.63) is 46.0 Å². The smallest absolute Gasteiger partial charge is 0.196 e. The molecule has 1 aliphatic rings. The average Bonchev–Trinajstić information content (AvgIpc) is 2.58. The van der Waals surface area contributed by atoms with Crippen LogP contribution in [0.1, 0.15) is 30.7 Å². The minimum absolute atomic E-state index is 0.560. The molecule has 1 N–H and O–H groups in total. The van der Waals surface area contributed by atoms with Crippen LogP contribution in [0.3, 0.4) is 0 Å². The lowest BCUT2D eigenvalue weighted by molar-refractivity contribution is 0.236. The summed E-state index contributed by atoms with van der Waals surface area (Å²) in [7, 11) is 0. The summed E-state index contributed by atoms with van der Waals surface area (Å²) in [6, 6.07) is 6.05. The van der Waals surface area contributed by atoms with Crippen LogP contribution in [0, 0.1) is 4.77 Å². The number of benzene rings is 1. The third-order valence-corrected chi connectivity index (χ3v) is 4.30. The number of fused-ring (bicyclic) bond motifs is 1. The Morgan fingerprint density at radius 2 is 2.08 bits per heavy atom. The van der Waals surface area contributed by atoms with Crippen molar-refractivity contribution in [2.24, 2.45) is 0 Å². The third-order valence-electron chi connectivity index (χ3n) is 4.09. The zero-order valence-corrected chi connectivity index (χ0v) is 15.0. The molecule has 0 saturated carbocycles. The lowest BCUT2D eigenvalue weighted by Crippen LogP contribution is -2.31. The lowest BCUT2D eigenvalue weighted by atomic mass is 10.1. The Labute approximate surface area is 147 Å². The number of ether oxygens (including phenoxy) is 2. The molecule has 0 radical (unpaired) electrons. The van der Waals surface area contributed by atoms with Crippen molar-refractivity contribution in [3.8, 4) is 11.5 Å². The highest BCUT2D eigenvalue weighted by Gasteiger charge is 2.19. The molecule has 1 aromatic heterocycles. The standard InChI is InChI=1S/C18H23N3O2S/c1-3-22-15-5-6-17(23-4-2)13(9-15)11-21-8-7-16-14(12-21)10-19-18(24)20-16/h5-6,9-10H,3-4,7-8,11-12H2,1-2H3,(H,19,20,24). The van der Waals surface area contributed by atoms with Gasteiger partial charge in [0.15, 0.2) is 4.77 Å². The van der Waals surface area contributed by atoms with Crippen LogP contribution in [-0.4, -0.2) is 34.6 Å². The molecule has 0 spiro atoms. The second-order valence-corrected chi connectivity index (χ2v) is 6.18. The molecule has 5 nitrogen and oxygen atoms in total. The highest BCUT2D eigenvalue weighted by atomic mass is 32.1. The summed E-state index contributed by atoms with van der Waals surface area (Å²) in [5, 5.41) is 0. The molecule has 0 unspecified atom stereocenters. The molecule has 2 heterocycles. The first-order chi connectivity index (χ1) is 11.7. The number of aromatic nitrogens is 2. The van der Waals surface area contributed by atoms with E-state index in [2.05, 4.69) is 20.9 Å². The third kappa shape index (κ3) is 3.94. The van der Waals surface area contributed by atoms with E-state index in [9.17, 15) is 0 Å². The Balaban J connectivity index is 1.78. The number of H-pyrrole nitrogens is 1. The Hall–Kier alpha value is -1.92. The molecular weight excluding hydrogens is 322 g/mol. The minimum atomic E-state index is 0.560. The second-order valence-electron chi connectivity index (χ2n) is 5.79. The van der Waals surface area contributed by atoms with Gasteiger partial charge in [-0.15, -0.1) is 0 Å². The van der Waals surface area contributed by atoms with E-state index in [1.807, 2.05) is 32.2 Å². The van der Waals surface area contributed by atoms with E-state index >= 15 is 0 Å². The van der Waals surface area contributed by atoms with Gasteiger partial charge < -0.3 is 14.5 Å². The molecule has 24 heavy (non-hydrogen) atoms. The molecule has 128 valence electrons. The van der Waals surface area contributed by atoms with Gasteiger partial charge in [-0.1, -0.05) is 0 Å². The van der Waals surface area contributed by atoms with E-state index in [1.54, 1.807) is 0 Å². The first kappa shape index (κ1) is 16.9. The Morgan fingerprint density at radius 1 is 1.25 bits per heavy atom. The number of aromatic amines is 1. The van der Waals surface area contributed by atoms with Crippen LogP contribution in [0.25, 0.3) is 0 Å². The van der Waals surface area contributed by atoms with Crippen molar-refractivity contribution in [3.63, 3.8) is 0 Å². The van der Waals surface area contributed by atoms with Gasteiger partial charge in [0.05, 0.1) is 13.2 Å². The summed E-state index contributed by atoms with van der Waals surface area (Å²) in [5.41, 5.74) is 3.58. The molecule has 1 aromatic carbocycles. The number of hydrogen-bond acceptors (Lipinski definition) is 5. The van der Waals surface area contributed by atoms with Gasteiger partial charge in [0.2, 0.25) is 0 Å². The molecule has 0 saturated heterocycles.